The van der Waals surface area contributed by atoms with E-state index in [4.69, 9.17) is 0 Å². The van der Waals surface area contributed by atoms with Crippen LogP contribution in [0, 0.1) is 0 Å². The number of fused-ring (bicyclic) bond motifs is 2. The fourth-order valence-electron chi connectivity index (χ4n) is 3.15. The van der Waals surface area contributed by atoms with Gasteiger partial charge in [-0.3, -0.25) is 9.80 Å². The average molecular weight is 296 g/mol. The number of hydrogen-bond acceptors (Lipinski definition) is 3. The van der Waals surface area contributed by atoms with E-state index in [1.165, 1.54) is 31.6 Å². The molecule has 17 heavy (non-hydrogen) atoms. The maximum Gasteiger partial charge on any atom is 0.106 e. The Labute approximate surface area is 111 Å². The third-order valence-corrected chi connectivity index (χ3v) is 4.52. The minimum absolute atomic E-state index is 0.767. The first-order chi connectivity index (χ1) is 8.26. The van der Waals surface area contributed by atoms with Crippen molar-refractivity contribution in [3.05, 3.63) is 28.5 Å². The SMILES string of the molecule is CCN1C[C@@H]2C[C@H]1CN2Cc1ccc(Br)nc1. The lowest BCUT2D eigenvalue weighted by Gasteiger charge is -2.33. The number of nitrogens with zero attached hydrogens (tertiary/aromatic N) is 3. The van der Waals surface area contributed by atoms with E-state index in [1.54, 1.807) is 0 Å². The lowest BCUT2D eigenvalue weighted by atomic mass is 10.2. The van der Waals surface area contributed by atoms with Crippen LogP contribution in [0.4, 0.5) is 0 Å². The third-order valence-electron chi connectivity index (χ3n) is 4.05. The van der Waals surface area contributed by atoms with Crippen molar-refractivity contribution in [3.8, 4) is 0 Å². The van der Waals surface area contributed by atoms with Gasteiger partial charge in [0.25, 0.3) is 0 Å². The van der Waals surface area contributed by atoms with Gasteiger partial charge in [0.05, 0.1) is 0 Å². The highest BCUT2D eigenvalue weighted by Gasteiger charge is 2.41. The third kappa shape index (κ3) is 2.26. The number of hydrogen-bond donors (Lipinski definition) is 0. The first-order valence-corrected chi connectivity index (χ1v) is 7.14. The Bertz CT molecular complexity index is 392. The molecule has 0 unspecified atom stereocenters. The van der Waals surface area contributed by atoms with Crippen molar-refractivity contribution >= 4 is 15.9 Å². The summed E-state index contributed by atoms with van der Waals surface area (Å²) in [5.41, 5.74) is 1.32. The summed E-state index contributed by atoms with van der Waals surface area (Å²) in [6.45, 7) is 7.01. The summed E-state index contributed by atoms with van der Waals surface area (Å²) in [6, 6.07) is 5.76. The largest absolute Gasteiger partial charge is 0.298 e. The van der Waals surface area contributed by atoms with Crippen LogP contribution in [0.1, 0.15) is 18.9 Å². The zero-order valence-corrected chi connectivity index (χ0v) is 11.7. The van der Waals surface area contributed by atoms with Crippen molar-refractivity contribution in [1.29, 1.82) is 0 Å². The maximum atomic E-state index is 4.29. The van der Waals surface area contributed by atoms with Crippen LogP contribution in [0.15, 0.2) is 22.9 Å². The van der Waals surface area contributed by atoms with Crippen LogP contribution in [-0.2, 0) is 6.54 Å². The van der Waals surface area contributed by atoms with Crippen LogP contribution in [-0.4, -0.2) is 46.5 Å². The summed E-state index contributed by atoms with van der Waals surface area (Å²) in [7, 11) is 0. The second-order valence-corrected chi connectivity index (χ2v) is 5.86. The minimum Gasteiger partial charge on any atom is -0.298 e. The molecule has 0 aromatic carbocycles. The summed E-state index contributed by atoms with van der Waals surface area (Å²) < 4.78 is 0.918. The Morgan fingerprint density at radius 2 is 2.06 bits per heavy atom. The van der Waals surface area contributed by atoms with Crippen LogP contribution in [0.25, 0.3) is 0 Å². The van der Waals surface area contributed by atoms with E-state index >= 15 is 0 Å². The molecular weight excluding hydrogens is 278 g/mol. The first kappa shape index (κ1) is 11.6. The molecule has 2 atom stereocenters. The Morgan fingerprint density at radius 3 is 2.65 bits per heavy atom. The highest BCUT2D eigenvalue weighted by Crippen LogP contribution is 2.31. The summed E-state index contributed by atoms with van der Waals surface area (Å²) in [5, 5.41) is 0. The van der Waals surface area contributed by atoms with Gasteiger partial charge in [0.1, 0.15) is 4.60 Å². The average Bonchev–Trinajstić information content (AvgIpc) is 2.91. The van der Waals surface area contributed by atoms with Crippen LogP contribution in [0.2, 0.25) is 0 Å². The Balaban J connectivity index is 1.63. The van der Waals surface area contributed by atoms with Gasteiger partial charge in [-0.25, -0.2) is 4.98 Å². The number of rotatable bonds is 3. The van der Waals surface area contributed by atoms with E-state index in [2.05, 4.69) is 43.7 Å². The summed E-state index contributed by atoms with van der Waals surface area (Å²) in [5.74, 6) is 0. The predicted octanol–water partition coefficient (Wildman–Crippen LogP) is 2.12. The van der Waals surface area contributed by atoms with E-state index in [9.17, 15) is 0 Å². The fourth-order valence-corrected chi connectivity index (χ4v) is 3.38. The van der Waals surface area contributed by atoms with Crippen LogP contribution in [0.3, 0.4) is 0 Å². The van der Waals surface area contributed by atoms with Crippen LogP contribution >= 0.6 is 15.9 Å². The fraction of sp³-hybridized carbons (Fsp3) is 0.615. The lowest BCUT2D eigenvalue weighted by molar-refractivity contribution is 0.127. The summed E-state index contributed by atoms with van der Waals surface area (Å²) >= 11 is 3.38. The van der Waals surface area contributed by atoms with Crippen molar-refractivity contribution in [1.82, 2.24) is 14.8 Å². The highest BCUT2D eigenvalue weighted by atomic mass is 79.9. The first-order valence-electron chi connectivity index (χ1n) is 6.35. The van der Waals surface area contributed by atoms with Gasteiger partial charge in [0.2, 0.25) is 0 Å². The molecule has 0 radical (unpaired) electrons. The molecule has 3 heterocycles. The second-order valence-electron chi connectivity index (χ2n) is 5.05. The molecule has 0 spiro atoms. The molecule has 2 saturated heterocycles. The van der Waals surface area contributed by atoms with Gasteiger partial charge in [-0.1, -0.05) is 13.0 Å². The van der Waals surface area contributed by atoms with E-state index < -0.39 is 0 Å². The van der Waals surface area contributed by atoms with Gasteiger partial charge in [0.15, 0.2) is 0 Å². The monoisotopic (exact) mass is 295 g/mol. The van der Waals surface area contributed by atoms with Crippen molar-refractivity contribution in [2.45, 2.75) is 32.0 Å². The molecule has 1 aromatic rings. The standard InChI is InChI=1S/C13H18BrN3/c1-2-16-8-12-5-11(16)9-17(12)7-10-3-4-13(14)15-6-10/h3-4,6,11-12H,2,5,7-9H2,1H3/t11-,12-/m0/s1. The Hall–Kier alpha value is -0.450. The second kappa shape index (κ2) is 4.67. The molecule has 2 fully saturated rings. The van der Waals surface area contributed by atoms with Crippen LogP contribution < -0.4 is 0 Å². The van der Waals surface area contributed by atoms with E-state index in [0.717, 1.165) is 23.2 Å². The molecule has 2 bridgehead atoms. The van der Waals surface area contributed by atoms with Gasteiger partial charge in [-0.2, -0.15) is 0 Å². The summed E-state index contributed by atoms with van der Waals surface area (Å²) in [6.07, 6.45) is 3.34. The van der Waals surface area contributed by atoms with Crippen molar-refractivity contribution < 1.29 is 0 Å². The zero-order chi connectivity index (χ0) is 11.8. The van der Waals surface area contributed by atoms with E-state index in [0.29, 0.717) is 0 Å². The molecule has 92 valence electrons. The molecule has 3 nitrogen and oxygen atoms in total. The smallest absolute Gasteiger partial charge is 0.106 e. The maximum absolute atomic E-state index is 4.29. The predicted molar refractivity (Wildman–Crippen MR) is 71.8 cm³/mol. The highest BCUT2D eigenvalue weighted by molar-refractivity contribution is 9.10. The van der Waals surface area contributed by atoms with E-state index in [1.807, 2.05) is 12.3 Å². The topological polar surface area (TPSA) is 19.4 Å². The van der Waals surface area contributed by atoms with Crippen molar-refractivity contribution in [3.63, 3.8) is 0 Å². The molecule has 3 rings (SSSR count). The van der Waals surface area contributed by atoms with Gasteiger partial charge in [-0.15, -0.1) is 0 Å². The van der Waals surface area contributed by atoms with E-state index in [-0.39, 0.29) is 0 Å². The molecule has 0 N–H and O–H groups in total. The molecule has 0 aliphatic carbocycles. The summed E-state index contributed by atoms with van der Waals surface area (Å²) in [4.78, 5) is 9.52. The van der Waals surface area contributed by atoms with Crippen molar-refractivity contribution in [2.24, 2.45) is 0 Å². The molecule has 2 aliphatic rings. The zero-order valence-electron chi connectivity index (χ0n) is 10.1. The van der Waals surface area contributed by atoms with Gasteiger partial charge >= 0.3 is 0 Å². The normalized spacial score (nSPS) is 29.1. The molecule has 4 heteroatoms. The number of piperazine rings is 1. The van der Waals surface area contributed by atoms with Gasteiger partial charge in [0, 0.05) is 37.9 Å². The number of likely N-dealkylation sites (N-methyl/N-ethyl adjacent to an activating group) is 1. The molecule has 0 saturated carbocycles. The number of aromatic nitrogens is 1. The van der Waals surface area contributed by atoms with Crippen molar-refractivity contribution in [2.75, 3.05) is 19.6 Å². The molecule has 0 amide bonds. The number of halogens is 1. The minimum atomic E-state index is 0.767. The quantitative estimate of drug-likeness (QED) is 0.797. The Kier molecular flexibility index (Phi) is 3.19. The number of likely N-dealkylation sites (tertiary alicyclic amines) is 2. The lowest BCUT2D eigenvalue weighted by Crippen LogP contribution is -2.45. The Morgan fingerprint density at radius 1 is 1.29 bits per heavy atom. The van der Waals surface area contributed by atoms with Gasteiger partial charge < -0.3 is 0 Å². The molecule has 2 aliphatic heterocycles. The number of pyridine rings is 1. The molecule has 1 aromatic heterocycles. The van der Waals surface area contributed by atoms with Crippen LogP contribution in [0.5, 0.6) is 0 Å². The van der Waals surface area contributed by atoms with Gasteiger partial charge in [-0.05, 0) is 40.5 Å². The molecular formula is C13H18BrN3.